The molecule has 7 nitrogen and oxygen atoms in total. The fourth-order valence-electron chi connectivity index (χ4n) is 2.12. The number of hydrogen-bond donors (Lipinski definition) is 0. The highest BCUT2D eigenvalue weighted by Gasteiger charge is 2.24. The van der Waals surface area contributed by atoms with Crippen molar-refractivity contribution in [3.05, 3.63) is 23.8 Å². The fraction of sp³-hybridized carbons (Fsp3) is 0.688. The molecule has 1 fully saturated rings. The maximum atomic E-state index is 10.8. The van der Waals surface area contributed by atoms with Crippen molar-refractivity contribution in [2.24, 2.45) is 0 Å². The molecule has 0 N–H and O–H groups in total. The number of aromatic nitrogens is 2. The summed E-state index contributed by atoms with van der Waals surface area (Å²) in [5.74, 6) is 0.593. The lowest BCUT2D eigenvalue weighted by molar-refractivity contribution is -0.118. The fourth-order valence-corrected chi connectivity index (χ4v) is 2.12. The average molecular weight is 324 g/mol. The van der Waals surface area contributed by atoms with Crippen LogP contribution in [0.1, 0.15) is 30.2 Å². The molecule has 23 heavy (non-hydrogen) atoms. The first-order chi connectivity index (χ1) is 11.1. The maximum absolute atomic E-state index is 10.8. The third-order valence-electron chi connectivity index (χ3n) is 3.43. The minimum Gasteiger partial charge on any atom is -0.378 e. The Labute approximate surface area is 136 Å². The predicted molar refractivity (Wildman–Crippen MR) is 82.6 cm³/mol. The SMILES string of the molecule is CC(C)(COCCOC[C@H]1COCCO1)c1nccc(C=O)n1. The van der Waals surface area contributed by atoms with Crippen molar-refractivity contribution in [1.29, 1.82) is 0 Å². The van der Waals surface area contributed by atoms with Crippen molar-refractivity contribution >= 4 is 6.29 Å². The summed E-state index contributed by atoms with van der Waals surface area (Å²) >= 11 is 0. The highest BCUT2D eigenvalue weighted by Crippen LogP contribution is 2.19. The highest BCUT2D eigenvalue weighted by molar-refractivity contribution is 5.71. The molecule has 2 heterocycles. The van der Waals surface area contributed by atoms with Crippen LogP contribution in [0.2, 0.25) is 0 Å². The second-order valence-corrected chi connectivity index (χ2v) is 6.00. The zero-order chi connectivity index (χ0) is 16.5. The Hall–Kier alpha value is -1.41. The van der Waals surface area contributed by atoms with Gasteiger partial charge >= 0.3 is 0 Å². The molecule has 1 aromatic rings. The van der Waals surface area contributed by atoms with E-state index in [1.54, 1.807) is 12.3 Å². The number of carbonyl (C=O) groups excluding carboxylic acids is 1. The summed E-state index contributed by atoms with van der Waals surface area (Å²) in [4.78, 5) is 19.2. The van der Waals surface area contributed by atoms with Gasteiger partial charge in [-0.1, -0.05) is 13.8 Å². The van der Waals surface area contributed by atoms with Gasteiger partial charge in [0.1, 0.15) is 17.6 Å². The average Bonchev–Trinajstić information content (AvgIpc) is 2.59. The van der Waals surface area contributed by atoms with Gasteiger partial charge in [0.15, 0.2) is 6.29 Å². The van der Waals surface area contributed by atoms with Crippen LogP contribution >= 0.6 is 0 Å². The lowest BCUT2D eigenvalue weighted by atomic mass is 9.93. The van der Waals surface area contributed by atoms with E-state index in [1.165, 1.54) is 0 Å². The molecule has 0 unspecified atom stereocenters. The van der Waals surface area contributed by atoms with Gasteiger partial charge in [0.05, 0.1) is 46.2 Å². The third-order valence-corrected chi connectivity index (χ3v) is 3.43. The van der Waals surface area contributed by atoms with Crippen molar-refractivity contribution in [3.63, 3.8) is 0 Å². The number of carbonyl (C=O) groups is 1. The van der Waals surface area contributed by atoms with E-state index in [4.69, 9.17) is 18.9 Å². The van der Waals surface area contributed by atoms with Gasteiger partial charge in [-0.25, -0.2) is 9.97 Å². The van der Waals surface area contributed by atoms with Gasteiger partial charge < -0.3 is 18.9 Å². The molecule has 0 saturated carbocycles. The Kier molecular flexibility index (Phi) is 7.04. The minimum absolute atomic E-state index is 0.0136. The van der Waals surface area contributed by atoms with E-state index in [0.717, 1.165) is 0 Å². The molecular formula is C16H24N2O5. The Balaban J connectivity index is 1.65. The summed E-state index contributed by atoms with van der Waals surface area (Å²) in [6.45, 7) is 7.74. The van der Waals surface area contributed by atoms with Crippen LogP contribution in [0.25, 0.3) is 0 Å². The molecule has 1 saturated heterocycles. The predicted octanol–water partition coefficient (Wildman–Crippen LogP) is 1.02. The second kappa shape index (κ2) is 9.02. The molecule has 1 aliphatic rings. The zero-order valence-corrected chi connectivity index (χ0v) is 13.7. The molecule has 2 rings (SSSR count). The van der Waals surface area contributed by atoms with Crippen LogP contribution in [0.4, 0.5) is 0 Å². The monoisotopic (exact) mass is 324 g/mol. The van der Waals surface area contributed by atoms with E-state index in [-0.39, 0.29) is 11.5 Å². The van der Waals surface area contributed by atoms with Crippen LogP contribution in [-0.2, 0) is 24.4 Å². The van der Waals surface area contributed by atoms with E-state index < -0.39 is 0 Å². The number of aldehydes is 1. The highest BCUT2D eigenvalue weighted by atomic mass is 16.6. The quantitative estimate of drug-likeness (QED) is 0.495. The van der Waals surface area contributed by atoms with E-state index in [0.29, 0.717) is 64.1 Å². The van der Waals surface area contributed by atoms with Crippen LogP contribution in [0, 0.1) is 0 Å². The molecule has 1 aromatic heterocycles. The van der Waals surface area contributed by atoms with E-state index in [1.807, 2.05) is 13.8 Å². The number of ether oxygens (including phenoxy) is 4. The normalized spacial score (nSPS) is 18.8. The molecule has 0 bridgehead atoms. The largest absolute Gasteiger partial charge is 0.378 e. The number of nitrogens with zero attached hydrogens (tertiary/aromatic N) is 2. The molecule has 0 spiro atoms. The first kappa shape index (κ1) is 17.9. The standard InChI is InChI=1S/C16H24N2O5/c1-16(2,15-17-4-3-13(9-19)18-15)12-22-6-5-20-10-14-11-21-7-8-23-14/h3-4,9,14H,5-8,10-12H2,1-2H3/t14-/m0/s1. The Morgan fingerprint density at radius 1 is 1.35 bits per heavy atom. The topological polar surface area (TPSA) is 79.8 Å². The van der Waals surface area contributed by atoms with E-state index in [2.05, 4.69) is 9.97 Å². The Bertz CT molecular complexity index is 489. The van der Waals surface area contributed by atoms with Gasteiger partial charge in [0.2, 0.25) is 0 Å². The molecule has 0 radical (unpaired) electrons. The summed E-state index contributed by atoms with van der Waals surface area (Å²) in [6.07, 6.45) is 2.32. The van der Waals surface area contributed by atoms with Gasteiger partial charge in [0, 0.05) is 11.6 Å². The molecule has 1 atom stereocenters. The van der Waals surface area contributed by atoms with Crippen molar-refractivity contribution < 1.29 is 23.7 Å². The third kappa shape index (κ3) is 5.95. The van der Waals surface area contributed by atoms with Crippen LogP contribution in [-0.4, -0.2) is 68.6 Å². The van der Waals surface area contributed by atoms with E-state index in [9.17, 15) is 4.79 Å². The lowest BCUT2D eigenvalue weighted by Gasteiger charge is -2.24. The van der Waals surface area contributed by atoms with Crippen molar-refractivity contribution in [2.75, 3.05) is 46.2 Å². The maximum Gasteiger partial charge on any atom is 0.168 e. The number of rotatable bonds is 9. The van der Waals surface area contributed by atoms with Gasteiger partial charge in [-0.05, 0) is 6.07 Å². The first-order valence-electron chi connectivity index (χ1n) is 7.75. The summed E-state index contributed by atoms with van der Waals surface area (Å²) in [5, 5.41) is 0. The summed E-state index contributed by atoms with van der Waals surface area (Å²) in [7, 11) is 0. The molecule has 1 aliphatic heterocycles. The molecule has 0 aromatic carbocycles. The first-order valence-corrected chi connectivity index (χ1v) is 7.75. The minimum atomic E-state index is -0.376. The Morgan fingerprint density at radius 2 is 2.17 bits per heavy atom. The van der Waals surface area contributed by atoms with Crippen molar-refractivity contribution in [2.45, 2.75) is 25.4 Å². The van der Waals surface area contributed by atoms with Gasteiger partial charge in [-0.3, -0.25) is 4.79 Å². The summed E-state index contributed by atoms with van der Waals surface area (Å²) < 4.78 is 22.0. The van der Waals surface area contributed by atoms with E-state index >= 15 is 0 Å². The lowest BCUT2D eigenvalue weighted by Crippen LogP contribution is -2.33. The molecule has 128 valence electrons. The Morgan fingerprint density at radius 3 is 2.91 bits per heavy atom. The zero-order valence-electron chi connectivity index (χ0n) is 13.7. The molecule has 7 heteroatoms. The number of hydrogen-bond acceptors (Lipinski definition) is 7. The van der Waals surface area contributed by atoms with Gasteiger partial charge in [0.25, 0.3) is 0 Å². The van der Waals surface area contributed by atoms with Crippen LogP contribution in [0.15, 0.2) is 12.3 Å². The molecule has 0 amide bonds. The molecule has 0 aliphatic carbocycles. The molecular weight excluding hydrogens is 300 g/mol. The second-order valence-electron chi connectivity index (χ2n) is 6.00. The summed E-state index contributed by atoms with van der Waals surface area (Å²) in [6, 6.07) is 1.58. The van der Waals surface area contributed by atoms with Crippen molar-refractivity contribution in [1.82, 2.24) is 9.97 Å². The van der Waals surface area contributed by atoms with Gasteiger partial charge in [-0.15, -0.1) is 0 Å². The summed E-state index contributed by atoms with van der Waals surface area (Å²) in [5.41, 5.74) is 0.000373. The van der Waals surface area contributed by atoms with Crippen LogP contribution < -0.4 is 0 Å². The van der Waals surface area contributed by atoms with Gasteiger partial charge in [-0.2, -0.15) is 0 Å². The van der Waals surface area contributed by atoms with Crippen molar-refractivity contribution in [3.8, 4) is 0 Å². The van der Waals surface area contributed by atoms with Crippen LogP contribution in [0.3, 0.4) is 0 Å². The smallest absolute Gasteiger partial charge is 0.168 e. The van der Waals surface area contributed by atoms with Crippen LogP contribution in [0.5, 0.6) is 0 Å².